The molecule has 1 atom stereocenters. The highest BCUT2D eigenvalue weighted by Crippen LogP contribution is 2.15. The summed E-state index contributed by atoms with van der Waals surface area (Å²) >= 11 is 0. The summed E-state index contributed by atoms with van der Waals surface area (Å²) < 4.78 is 16.7. The SMILES string of the molecule is CC\C=C/C=C\C=C/C=C\CCCCCCCC(=O)OCC(COC(=O)CC/C=C\C/C=C\C/C=C\C/C=C\C/C=C\CC)OC(=O)CCCCCCCCCCCCCCCCCC. The Morgan fingerprint density at radius 1 is 0.338 bits per heavy atom. The van der Waals surface area contributed by atoms with E-state index in [1.54, 1.807) is 0 Å². The molecule has 0 aromatic carbocycles. The highest BCUT2D eigenvalue weighted by atomic mass is 16.6. The second kappa shape index (κ2) is 52.7. The zero-order chi connectivity index (χ0) is 47.2. The van der Waals surface area contributed by atoms with Crippen LogP contribution in [-0.2, 0) is 28.6 Å². The molecule has 0 heterocycles. The van der Waals surface area contributed by atoms with E-state index in [9.17, 15) is 14.4 Å². The largest absolute Gasteiger partial charge is 0.462 e. The second-order valence-electron chi connectivity index (χ2n) is 17.1. The van der Waals surface area contributed by atoms with Crippen LogP contribution in [0.3, 0.4) is 0 Å². The molecule has 0 aromatic heterocycles. The van der Waals surface area contributed by atoms with Gasteiger partial charge in [-0.2, -0.15) is 0 Å². The molecule has 0 N–H and O–H groups in total. The first-order valence-corrected chi connectivity index (χ1v) is 26.4. The molecule has 6 heteroatoms. The van der Waals surface area contributed by atoms with Crippen molar-refractivity contribution in [1.29, 1.82) is 0 Å². The lowest BCUT2D eigenvalue weighted by Crippen LogP contribution is -2.30. The van der Waals surface area contributed by atoms with E-state index in [1.165, 1.54) is 83.5 Å². The van der Waals surface area contributed by atoms with Gasteiger partial charge in [-0.15, -0.1) is 0 Å². The van der Waals surface area contributed by atoms with Crippen LogP contribution in [-0.4, -0.2) is 37.2 Å². The first-order valence-electron chi connectivity index (χ1n) is 26.4. The predicted molar refractivity (Wildman–Crippen MR) is 279 cm³/mol. The molecule has 0 aliphatic rings. The maximum atomic E-state index is 12.8. The highest BCUT2D eigenvalue weighted by Gasteiger charge is 2.19. The Kier molecular flexibility index (Phi) is 49.5. The van der Waals surface area contributed by atoms with Crippen molar-refractivity contribution in [3.63, 3.8) is 0 Å². The summed E-state index contributed by atoms with van der Waals surface area (Å²) in [6.45, 7) is 6.30. The molecule has 0 amide bonds. The Balaban J connectivity index is 4.53. The van der Waals surface area contributed by atoms with Gasteiger partial charge in [-0.3, -0.25) is 14.4 Å². The first kappa shape index (κ1) is 61.1. The van der Waals surface area contributed by atoms with Crippen LogP contribution in [0.25, 0.3) is 0 Å². The number of rotatable bonds is 46. The van der Waals surface area contributed by atoms with Gasteiger partial charge in [0.05, 0.1) is 0 Å². The molecule has 0 bridgehead atoms. The molecule has 0 aliphatic heterocycles. The van der Waals surface area contributed by atoms with Gasteiger partial charge in [-0.1, -0.05) is 246 Å². The first-order chi connectivity index (χ1) is 32.0. The number of carbonyl (C=O) groups is 3. The smallest absolute Gasteiger partial charge is 0.306 e. The van der Waals surface area contributed by atoms with Gasteiger partial charge in [-0.25, -0.2) is 0 Å². The van der Waals surface area contributed by atoms with Crippen molar-refractivity contribution < 1.29 is 28.6 Å². The number of hydrogen-bond donors (Lipinski definition) is 0. The summed E-state index contributed by atoms with van der Waals surface area (Å²) in [5.41, 5.74) is 0. The fourth-order valence-corrected chi connectivity index (χ4v) is 6.97. The van der Waals surface area contributed by atoms with Gasteiger partial charge in [0.15, 0.2) is 6.10 Å². The van der Waals surface area contributed by atoms with E-state index in [-0.39, 0.29) is 37.5 Å². The minimum Gasteiger partial charge on any atom is -0.462 e. The lowest BCUT2D eigenvalue weighted by Gasteiger charge is -2.18. The number of unbranched alkanes of at least 4 members (excludes halogenated alkanes) is 20. The number of hydrogen-bond acceptors (Lipinski definition) is 6. The Morgan fingerprint density at radius 2 is 0.708 bits per heavy atom. The summed E-state index contributed by atoms with van der Waals surface area (Å²) in [5, 5.41) is 0. The third-order valence-corrected chi connectivity index (χ3v) is 10.9. The van der Waals surface area contributed by atoms with E-state index in [0.29, 0.717) is 19.3 Å². The zero-order valence-electron chi connectivity index (χ0n) is 42.0. The molecule has 0 rings (SSSR count). The van der Waals surface area contributed by atoms with Gasteiger partial charge in [0.2, 0.25) is 0 Å². The van der Waals surface area contributed by atoms with Crippen LogP contribution in [0.15, 0.2) is 109 Å². The van der Waals surface area contributed by atoms with E-state index in [4.69, 9.17) is 14.2 Å². The average Bonchev–Trinajstić information content (AvgIpc) is 3.30. The van der Waals surface area contributed by atoms with Crippen LogP contribution >= 0.6 is 0 Å². The summed E-state index contributed by atoms with van der Waals surface area (Å²) in [7, 11) is 0. The topological polar surface area (TPSA) is 78.9 Å². The van der Waals surface area contributed by atoms with Crippen LogP contribution in [0, 0.1) is 0 Å². The fraction of sp³-hybridized carbons (Fsp3) is 0.644. The quantitative estimate of drug-likeness (QED) is 0.0199. The Hall–Kier alpha value is -3.93. The third kappa shape index (κ3) is 50.9. The van der Waals surface area contributed by atoms with Crippen molar-refractivity contribution >= 4 is 17.9 Å². The van der Waals surface area contributed by atoms with Crippen LogP contribution in [0.2, 0.25) is 0 Å². The molecule has 0 aromatic rings. The minimum atomic E-state index is -0.818. The maximum absolute atomic E-state index is 12.8. The molecule has 0 saturated heterocycles. The molecule has 0 saturated carbocycles. The summed E-state index contributed by atoms with van der Waals surface area (Å²) in [4.78, 5) is 38.0. The summed E-state index contributed by atoms with van der Waals surface area (Å²) in [5.74, 6) is -1.02. The van der Waals surface area contributed by atoms with Crippen molar-refractivity contribution in [2.24, 2.45) is 0 Å². The van der Waals surface area contributed by atoms with E-state index < -0.39 is 6.10 Å². The highest BCUT2D eigenvalue weighted by molar-refractivity contribution is 5.71. The molecule has 0 aliphatic carbocycles. The minimum absolute atomic E-state index is 0.113. The van der Waals surface area contributed by atoms with Crippen molar-refractivity contribution in [3.8, 4) is 0 Å². The van der Waals surface area contributed by atoms with Crippen molar-refractivity contribution in [2.45, 2.75) is 232 Å². The fourth-order valence-electron chi connectivity index (χ4n) is 6.97. The molecule has 65 heavy (non-hydrogen) atoms. The molecule has 0 spiro atoms. The number of allylic oxidation sites excluding steroid dienone is 18. The van der Waals surface area contributed by atoms with Crippen molar-refractivity contribution in [1.82, 2.24) is 0 Å². The van der Waals surface area contributed by atoms with E-state index >= 15 is 0 Å². The third-order valence-electron chi connectivity index (χ3n) is 10.9. The van der Waals surface area contributed by atoms with Crippen molar-refractivity contribution in [2.75, 3.05) is 13.2 Å². The van der Waals surface area contributed by atoms with Gasteiger partial charge in [0.1, 0.15) is 13.2 Å². The standard InChI is InChI=1S/C59H96O6/c1-4-7-10-13-16-19-22-25-28-31-34-37-40-43-46-49-52-58(61)64-55-56(54-63-57(60)51-48-45-42-39-36-33-30-27-24-21-18-15-12-9-6-3)65-59(62)53-50-47-44-41-38-35-32-29-26-23-20-17-14-11-8-5-2/h7,9-10,12,15-16,18-19,21,24-25,27-28,30,34,37,43,46,56H,4-6,8,11,13-14,17,20,22-23,26,29,31-33,35-36,38-42,44-45,47-55H2,1-3H3/b10-7-,12-9-,18-15-,19-16-,24-21-,28-25-,30-27-,37-34-,46-43-. The number of ether oxygens (including phenoxy) is 3. The maximum Gasteiger partial charge on any atom is 0.306 e. The molecule has 0 radical (unpaired) electrons. The second-order valence-corrected chi connectivity index (χ2v) is 17.1. The molecular formula is C59H96O6. The molecule has 6 nitrogen and oxygen atoms in total. The molecule has 0 fully saturated rings. The van der Waals surface area contributed by atoms with Crippen LogP contribution in [0.1, 0.15) is 226 Å². The van der Waals surface area contributed by atoms with Gasteiger partial charge in [0, 0.05) is 19.3 Å². The average molecular weight is 901 g/mol. The van der Waals surface area contributed by atoms with Crippen LogP contribution in [0.4, 0.5) is 0 Å². The predicted octanol–water partition coefficient (Wildman–Crippen LogP) is 17.5. The van der Waals surface area contributed by atoms with E-state index in [2.05, 4.69) is 93.7 Å². The summed E-state index contributed by atoms with van der Waals surface area (Å²) in [6.07, 6.45) is 70.8. The molecule has 1 unspecified atom stereocenters. The lowest BCUT2D eigenvalue weighted by molar-refractivity contribution is -0.166. The van der Waals surface area contributed by atoms with Crippen molar-refractivity contribution in [3.05, 3.63) is 109 Å². The van der Waals surface area contributed by atoms with Gasteiger partial charge >= 0.3 is 17.9 Å². The van der Waals surface area contributed by atoms with Gasteiger partial charge < -0.3 is 14.2 Å². The molecule has 368 valence electrons. The molecular weight excluding hydrogens is 805 g/mol. The monoisotopic (exact) mass is 901 g/mol. The van der Waals surface area contributed by atoms with E-state index in [1.807, 2.05) is 36.5 Å². The summed E-state index contributed by atoms with van der Waals surface area (Å²) in [6, 6.07) is 0. The van der Waals surface area contributed by atoms with Gasteiger partial charge in [-0.05, 0) is 70.6 Å². The zero-order valence-corrected chi connectivity index (χ0v) is 42.0. The van der Waals surface area contributed by atoms with Crippen LogP contribution in [0.5, 0.6) is 0 Å². The van der Waals surface area contributed by atoms with E-state index in [0.717, 1.165) is 96.3 Å². The van der Waals surface area contributed by atoms with Gasteiger partial charge in [0.25, 0.3) is 0 Å². The Labute approximate surface area is 400 Å². The Bertz CT molecular complexity index is 1360. The number of esters is 3. The number of carbonyl (C=O) groups excluding carboxylic acids is 3. The van der Waals surface area contributed by atoms with Crippen LogP contribution < -0.4 is 0 Å². The normalized spacial score (nSPS) is 13.0. The lowest BCUT2D eigenvalue weighted by atomic mass is 10.0. The Morgan fingerprint density at radius 3 is 1.18 bits per heavy atom.